The molecular formula is C15H15FN2O2. The van der Waals surface area contributed by atoms with Crippen molar-refractivity contribution in [2.45, 2.75) is 6.92 Å². The molecule has 2 aromatic carbocycles. The van der Waals surface area contributed by atoms with E-state index in [1.165, 1.54) is 13.2 Å². The van der Waals surface area contributed by atoms with Crippen LogP contribution in [0.4, 0.5) is 15.8 Å². The summed E-state index contributed by atoms with van der Waals surface area (Å²) in [5.41, 5.74) is 6.97. The van der Waals surface area contributed by atoms with E-state index < -0.39 is 11.7 Å². The molecule has 0 unspecified atom stereocenters. The Hall–Kier alpha value is -2.56. The number of rotatable bonds is 3. The summed E-state index contributed by atoms with van der Waals surface area (Å²) >= 11 is 0. The van der Waals surface area contributed by atoms with Gasteiger partial charge in [0, 0.05) is 6.07 Å². The lowest BCUT2D eigenvalue weighted by Crippen LogP contribution is -2.15. The minimum absolute atomic E-state index is 0.0137. The zero-order chi connectivity index (χ0) is 14.7. The standard InChI is InChI=1S/C15H15FN2O2/c1-9-4-3-5-11(14(9)16)15(19)18-13-7-6-10(20-2)8-12(13)17/h3-8H,17H2,1-2H3,(H,18,19). The highest BCUT2D eigenvalue weighted by molar-refractivity contribution is 6.06. The van der Waals surface area contributed by atoms with Gasteiger partial charge in [0.05, 0.1) is 24.0 Å². The van der Waals surface area contributed by atoms with Crippen LogP contribution in [0, 0.1) is 12.7 Å². The van der Waals surface area contributed by atoms with Crippen molar-refractivity contribution in [3.8, 4) is 5.75 Å². The highest BCUT2D eigenvalue weighted by Gasteiger charge is 2.14. The van der Waals surface area contributed by atoms with Crippen molar-refractivity contribution >= 4 is 17.3 Å². The van der Waals surface area contributed by atoms with Crippen LogP contribution in [0.3, 0.4) is 0 Å². The van der Waals surface area contributed by atoms with E-state index in [1.807, 2.05) is 0 Å². The number of aryl methyl sites for hydroxylation is 1. The lowest BCUT2D eigenvalue weighted by atomic mass is 10.1. The summed E-state index contributed by atoms with van der Waals surface area (Å²) in [5, 5.41) is 2.59. The lowest BCUT2D eigenvalue weighted by molar-refractivity contribution is 0.102. The lowest BCUT2D eigenvalue weighted by Gasteiger charge is -2.10. The third kappa shape index (κ3) is 2.71. The molecule has 5 heteroatoms. The number of ether oxygens (including phenoxy) is 1. The summed E-state index contributed by atoms with van der Waals surface area (Å²) < 4.78 is 18.9. The van der Waals surface area contributed by atoms with E-state index >= 15 is 0 Å². The Kier molecular flexibility index (Phi) is 3.89. The van der Waals surface area contributed by atoms with Crippen LogP contribution in [0.5, 0.6) is 5.75 Å². The van der Waals surface area contributed by atoms with Crippen LogP contribution in [0.15, 0.2) is 36.4 Å². The van der Waals surface area contributed by atoms with E-state index in [0.29, 0.717) is 22.7 Å². The van der Waals surface area contributed by atoms with Crippen molar-refractivity contribution in [1.29, 1.82) is 0 Å². The molecule has 0 atom stereocenters. The molecule has 3 N–H and O–H groups in total. The first-order chi connectivity index (χ1) is 9.52. The van der Waals surface area contributed by atoms with Crippen LogP contribution in [-0.2, 0) is 0 Å². The Morgan fingerprint density at radius 2 is 2.05 bits per heavy atom. The molecular weight excluding hydrogens is 259 g/mol. The Balaban J connectivity index is 2.26. The molecule has 0 aliphatic rings. The van der Waals surface area contributed by atoms with Gasteiger partial charge in [-0.25, -0.2) is 4.39 Å². The number of carbonyl (C=O) groups is 1. The number of nitrogen functional groups attached to an aromatic ring is 1. The van der Waals surface area contributed by atoms with E-state index in [-0.39, 0.29) is 5.56 Å². The van der Waals surface area contributed by atoms with E-state index in [9.17, 15) is 9.18 Å². The Morgan fingerprint density at radius 1 is 1.30 bits per heavy atom. The predicted molar refractivity (Wildman–Crippen MR) is 76.5 cm³/mol. The zero-order valence-corrected chi connectivity index (χ0v) is 11.2. The van der Waals surface area contributed by atoms with Gasteiger partial charge >= 0.3 is 0 Å². The molecule has 0 heterocycles. The predicted octanol–water partition coefficient (Wildman–Crippen LogP) is 2.98. The number of halogens is 1. The molecule has 0 spiro atoms. The van der Waals surface area contributed by atoms with Crippen molar-refractivity contribution in [3.63, 3.8) is 0 Å². The van der Waals surface area contributed by atoms with Crippen LogP contribution < -0.4 is 15.8 Å². The Labute approximate surface area is 116 Å². The molecule has 0 fully saturated rings. The van der Waals surface area contributed by atoms with Gasteiger partial charge in [-0.05, 0) is 30.7 Å². The molecule has 0 aromatic heterocycles. The fraction of sp³-hybridized carbons (Fsp3) is 0.133. The molecule has 0 saturated heterocycles. The molecule has 0 aliphatic carbocycles. The quantitative estimate of drug-likeness (QED) is 0.846. The average molecular weight is 274 g/mol. The number of benzene rings is 2. The molecule has 2 aromatic rings. The summed E-state index contributed by atoms with van der Waals surface area (Å²) in [5.74, 6) is -0.484. The summed E-state index contributed by atoms with van der Waals surface area (Å²) in [4.78, 5) is 12.1. The van der Waals surface area contributed by atoms with Gasteiger partial charge in [0.15, 0.2) is 0 Å². The number of anilines is 2. The van der Waals surface area contributed by atoms with E-state index in [4.69, 9.17) is 10.5 Å². The van der Waals surface area contributed by atoms with E-state index in [1.54, 1.807) is 37.3 Å². The molecule has 20 heavy (non-hydrogen) atoms. The average Bonchev–Trinajstić information content (AvgIpc) is 2.44. The Morgan fingerprint density at radius 3 is 2.70 bits per heavy atom. The van der Waals surface area contributed by atoms with Gasteiger partial charge in [0.25, 0.3) is 5.91 Å². The van der Waals surface area contributed by atoms with Crippen LogP contribution in [0.25, 0.3) is 0 Å². The van der Waals surface area contributed by atoms with Crippen molar-refractivity contribution in [1.82, 2.24) is 0 Å². The monoisotopic (exact) mass is 274 g/mol. The van der Waals surface area contributed by atoms with Crippen molar-refractivity contribution in [2.24, 2.45) is 0 Å². The van der Waals surface area contributed by atoms with Crippen LogP contribution in [0.1, 0.15) is 15.9 Å². The largest absolute Gasteiger partial charge is 0.497 e. The third-order valence-electron chi connectivity index (χ3n) is 2.94. The number of hydrogen-bond donors (Lipinski definition) is 2. The maximum absolute atomic E-state index is 13.9. The van der Waals surface area contributed by atoms with Gasteiger partial charge in [-0.1, -0.05) is 12.1 Å². The second kappa shape index (κ2) is 5.61. The zero-order valence-electron chi connectivity index (χ0n) is 11.2. The molecule has 0 bridgehead atoms. The van der Waals surface area contributed by atoms with Crippen molar-refractivity contribution in [2.75, 3.05) is 18.2 Å². The first kappa shape index (κ1) is 13.9. The van der Waals surface area contributed by atoms with Crippen molar-refractivity contribution in [3.05, 3.63) is 53.3 Å². The van der Waals surface area contributed by atoms with Crippen molar-refractivity contribution < 1.29 is 13.9 Å². The molecule has 0 aliphatic heterocycles. The maximum atomic E-state index is 13.9. The second-order valence-electron chi connectivity index (χ2n) is 4.34. The highest BCUT2D eigenvalue weighted by atomic mass is 19.1. The minimum atomic E-state index is -0.539. The smallest absolute Gasteiger partial charge is 0.258 e. The molecule has 2 rings (SSSR count). The molecule has 0 saturated carbocycles. The number of nitrogens with one attached hydrogen (secondary N) is 1. The number of carbonyl (C=O) groups excluding carboxylic acids is 1. The number of hydrogen-bond acceptors (Lipinski definition) is 3. The van der Waals surface area contributed by atoms with Gasteiger partial charge in [0.1, 0.15) is 11.6 Å². The molecule has 4 nitrogen and oxygen atoms in total. The van der Waals surface area contributed by atoms with Gasteiger partial charge in [-0.2, -0.15) is 0 Å². The van der Waals surface area contributed by atoms with Gasteiger partial charge in [-0.3, -0.25) is 4.79 Å². The van der Waals surface area contributed by atoms with Gasteiger partial charge in [0.2, 0.25) is 0 Å². The molecule has 0 radical (unpaired) electrons. The Bertz CT molecular complexity index is 656. The fourth-order valence-corrected chi connectivity index (χ4v) is 1.79. The van der Waals surface area contributed by atoms with E-state index in [0.717, 1.165) is 0 Å². The highest BCUT2D eigenvalue weighted by Crippen LogP contribution is 2.25. The van der Waals surface area contributed by atoms with Crippen LogP contribution in [0.2, 0.25) is 0 Å². The minimum Gasteiger partial charge on any atom is -0.497 e. The fourth-order valence-electron chi connectivity index (χ4n) is 1.79. The normalized spacial score (nSPS) is 10.2. The second-order valence-corrected chi connectivity index (χ2v) is 4.34. The summed E-state index contributed by atoms with van der Waals surface area (Å²) in [6, 6.07) is 9.52. The molecule has 1 amide bonds. The van der Waals surface area contributed by atoms with Gasteiger partial charge in [-0.15, -0.1) is 0 Å². The number of amides is 1. The first-order valence-electron chi connectivity index (χ1n) is 6.03. The maximum Gasteiger partial charge on any atom is 0.258 e. The first-order valence-corrected chi connectivity index (χ1v) is 6.03. The molecule has 104 valence electrons. The van der Waals surface area contributed by atoms with E-state index in [2.05, 4.69) is 5.32 Å². The topological polar surface area (TPSA) is 64.3 Å². The van der Waals surface area contributed by atoms with Crippen LogP contribution in [-0.4, -0.2) is 13.0 Å². The summed E-state index contributed by atoms with van der Waals surface area (Å²) in [7, 11) is 1.52. The summed E-state index contributed by atoms with van der Waals surface area (Å²) in [6.45, 7) is 1.61. The van der Waals surface area contributed by atoms with Gasteiger partial charge < -0.3 is 15.8 Å². The SMILES string of the molecule is COc1ccc(NC(=O)c2cccc(C)c2F)c(N)c1. The number of methoxy groups -OCH3 is 1. The van der Waals surface area contributed by atoms with Crippen LogP contribution >= 0.6 is 0 Å². The third-order valence-corrected chi connectivity index (χ3v) is 2.94. The summed E-state index contributed by atoms with van der Waals surface area (Å²) in [6.07, 6.45) is 0. The number of nitrogens with two attached hydrogens (primary N) is 1.